The molecule has 4 nitrogen and oxygen atoms in total. The zero-order valence-electron chi connectivity index (χ0n) is 10.7. The summed E-state index contributed by atoms with van der Waals surface area (Å²) < 4.78 is 0. The second kappa shape index (κ2) is 10.7. The SMILES string of the molecule is CCCCCCC(C)NCCCC(N)=NO. The van der Waals surface area contributed by atoms with Gasteiger partial charge in [-0.3, -0.25) is 0 Å². The van der Waals surface area contributed by atoms with Crippen molar-refractivity contribution in [3.05, 3.63) is 0 Å². The summed E-state index contributed by atoms with van der Waals surface area (Å²) in [4.78, 5) is 0. The van der Waals surface area contributed by atoms with Crippen molar-refractivity contribution in [2.75, 3.05) is 6.54 Å². The lowest BCUT2D eigenvalue weighted by Gasteiger charge is -2.13. The molecule has 0 heterocycles. The van der Waals surface area contributed by atoms with Gasteiger partial charge in [-0.1, -0.05) is 37.8 Å². The Kier molecular flexibility index (Phi) is 10.2. The molecule has 0 amide bonds. The van der Waals surface area contributed by atoms with E-state index in [1.54, 1.807) is 0 Å². The Morgan fingerprint density at radius 2 is 2.06 bits per heavy atom. The van der Waals surface area contributed by atoms with Gasteiger partial charge >= 0.3 is 0 Å². The van der Waals surface area contributed by atoms with Gasteiger partial charge in [-0.25, -0.2) is 0 Å². The molecule has 1 atom stereocenters. The summed E-state index contributed by atoms with van der Waals surface area (Å²) in [5, 5.41) is 14.7. The van der Waals surface area contributed by atoms with E-state index in [0.29, 0.717) is 18.3 Å². The predicted octanol–water partition coefficient (Wildman–Crippen LogP) is 2.46. The van der Waals surface area contributed by atoms with Crippen LogP contribution in [0.15, 0.2) is 5.16 Å². The summed E-state index contributed by atoms with van der Waals surface area (Å²) in [6.07, 6.45) is 8.11. The number of unbranched alkanes of at least 4 members (excludes halogenated alkanes) is 3. The third kappa shape index (κ3) is 9.77. The van der Waals surface area contributed by atoms with Crippen LogP contribution in [0.1, 0.15) is 58.8 Å². The molecule has 0 saturated heterocycles. The van der Waals surface area contributed by atoms with Crippen molar-refractivity contribution in [2.45, 2.75) is 64.8 Å². The Labute approximate surface area is 99.3 Å². The maximum absolute atomic E-state index is 8.35. The van der Waals surface area contributed by atoms with Crippen LogP contribution < -0.4 is 11.1 Å². The topological polar surface area (TPSA) is 70.6 Å². The lowest BCUT2D eigenvalue weighted by atomic mass is 10.1. The van der Waals surface area contributed by atoms with E-state index in [-0.39, 0.29) is 0 Å². The molecule has 0 aliphatic rings. The fourth-order valence-corrected chi connectivity index (χ4v) is 1.65. The van der Waals surface area contributed by atoms with E-state index in [1.807, 2.05) is 0 Å². The molecule has 0 rings (SSSR count). The summed E-state index contributed by atoms with van der Waals surface area (Å²) in [6, 6.07) is 0.573. The number of nitrogens with two attached hydrogens (primary N) is 1. The summed E-state index contributed by atoms with van der Waals surface area (Å²) in [6.45, 7) is 5.38. The zero-order valence-corrected chi connectivity index (χ0v) is 10.7. The lowest BCUT2D eigenvalue weighted by Crippen LogP contribution is -2.27. The Morgan fingerprint density at radius 1 is 1.31 bits per heavy atom. The van der Waals surface area contributed by atoms with Crippen LogP contribution in [0.25, 0.3) is 0 Å². The molecule has 1 unspecified atom stereocenters. The molecule has 0 spiro atoms. The summed E-state index contributed by atoms with van der Waals surface area (Å²) in [7, 11) is 0. The Balaban J connectivity index is 3.26. The van der Waals surface area contributed by atoms with E-state index in [1.165, 1.54) is 32.1 Å². The maximum Gasteiger partial charge on any atom is 0.139 e. The molecule has 0 aromatic rings. The normalized spacial score (nSPS) is 14.0. The van der Waals surface area contributed by atoms with Gasteiger partial charge in [-0.05, 0) is 26.3 Å². The fraction of sp³-hybridized carbons (Fsp3) is 0.917. The summed E-state index contributed by atoms with van der Waals surface area (Å²) >= 11 is 0. The number of hydrogen-bond donors (Lipinski definition) is 3. The monoisotopic (exact) mass is 229 g/mol. The molecule has 0 saturated carbocycles. The van der Waals surface area contributed by atoms with Crippen LogP contribution in [-0.4, -0.2) is 23.6 Å². The van der Waals surface area contributed by atoms with Gasteiger partial charge in [0.05, 0.1) is 0 Å². The molecule has 0 aromatic heterocycles. The number of nitrogens with zero attached hydrogens (tertiary/aromatic N) is 1. The van der Waals surface area contributed by atoms with Gasteiger partial charge in [-0.15, -0.1) is 0 Å². The third-order valence-electron chi connectivity index (χ3n) is 2.72. The van der Waals surface area contributed by atoms with Gasteiger partial charge in [-0.2, -0.15) is 0 Å². The first-order valence-corrected chi connectivity index (χ1v) is 6.40. The van der Waals surface area contributed by atoms with Gasteiger partial charge in [0.1, 0.15) is 5.84 Å². The molecule has 4 heteroatoms. The third-order valence-corrected chi connectivity index (χ3v) is 2.72. The number of amidine groups is 1. The first-order chi connectivity index (χ1) is 7.70. The molecule has 0 aromatic carbocycles. The molecular weight excluding hydrogens is 202 g/mol. The summed E-state index contributed by atoms with van der Waals surface area (Å²) in [5.74, 6) is 0.317. The molecular formula is C12H27N3O. The van der Waals surface area contributed by atoms with Crippen LogP contribution in [0.4, 0.5) is 0 Å². The molecule has 4 N–H and O–H groups in total. The van der Waals surface area contributed by atoms with Crippen LogP contribution >= 0.6 is 0 Å². The van der Waals surface area contributed by atoms with Crippen molar-refractivity contribution in [1.29, 1.82) is 0 Å². The highest BCUT2D eigenvalue weighted by Gasteiger charge is 2.00. The quantitative estimate of drug-likeness (QED) is 0.177. The number of hydrogen-bond acceptors (Lipinski definition) is 3. The van der Waals surface area contributed by atoms with Gasteiger partial charge in [0.2, 0.25) is 0 Å². The molecule has 0 aliphatic carbocycles. The largest absolute Gasteiger partial charge is 0.409 e. The molecule has 0 aliphatic heterocycles. The van der Waals surface area contributed by atoms with Gasteiger partial charge in [0.15, 0.2) is 0 Å². The Morgan fingerprint density at radius 3 is 2.69 bits per heavy atom. The van der Waals surface area contributed by atoms with Crippen LogP contribution in [0.5, 0.6) is 0 Å². The van der Waals surface area contributed by atoms with Crippen LogP contribution in [-0.2, 0) is 0 Å². The second-order valence-electron chi connectivity index (χ2n) is 4.40. The van der Waals surface area contributed by atoms with E-state index in [0.717, 1.165) is 13.0 Å². The van der Waals surface area contributed by atoms with Gasteiger partial charge in [0.25, 0.3) is 0 Å². The zero-order chi connectivity index (χ0) is 12.2. The Hall–Kier alpha value is -0.770. The van der Waals surface area contributed by atoms with Crippen molar-refractivity contribution in [1.82, 2.24) is 5.32 Å². The number of rotatable bonds is 10. The summed E-state index contributed by atoms with van der Waals surface area (Å²) in [5.41, 5.74) is 5.38. The first kappa shape index (κ1) is 15.2. The van der Waals surface area contributed by atoms with Gasteiger partial charge in [0, 0.05) is 12.5 Å². The van der Waals surface area contributed by atoms with Crippen LogP contribution in [0, 0.1) is 0 Å². The van der Waals surface area contributed by atoms with Crippen molar-refractivity contribution in [2.24, 2.45) is 10.9 Å². The molecule has 16 heavy (non-hydrogen) atoms. The Bertz CT molecular complexity index is 183. The van der Waals surface area contributed by atoms with Crippen molar-refractivity contribution >= 4 is 5.84 Å². The lowest BCUT2D eigenvalue weighted by molar-refractivity contribution is 0.316. The van der Waals surface area contributed by atoms with Gasteiger partial charge < -0.3 is 16.3 Å². The minimum atomic E-state index is 0.317. The molecule has 96 valence electrons. The van der Waals surface area contributed by atoms with Crippen molar-refractivity contribution < 1.29 is 5.21 Å². The highest BCUT2D eigenvalue weighted by Crippen LogP contribution is 2.05. The average Bonchev–Trinajstić information content (AvgIpc) is 2.30. The molecule has 0 radical (unpaired) electrons. The predicted molar refractivity (Wildman–Crippen MR) is 68.9 cm³/mol. The first-order valence-electron chi connectivity index (χ1n) is 6.40. The molecule has 0 fully saturated rings. The number of oxime groups is 1. The van der Waals surface area contributed by atoms with E-state index in [4.69, 9.17) is 10.9 Å². The van der Waals surface area contributed by atoms with E-state index >= 15 is 0 Å². The fourth-order valence-electron chi connectivity index (χ4n) is 1.65. The maximum atomic E-state index is 8.35. The molecule has 0 bridgehead atoms. The minimum Gasteiger partial charge on any atom is -0.409 e. The van der Waals surface area contributed by atoms with Crippen LogP contribution in [0.3, 0.4) is 0 Å². The van der Waals surface area contributed by atoms with Crippen molar-refractivity contribution in [3.8, 4) is 0 Å². The number of nitrogens with one attached hydrogen (secondary N) is 1. The highest BCUT2D eigenvalue weighted by atomic mass is 16.4. The van der Waals surface area contributed by atoms with E-state index < -0.39 is 0 Å². The second-order valence-corrected chi connectivity index (χ2v) is 4.40. The average molecular weight is 229 g/mol. The van der Waals surface area contributed by atoms with E-state index in [9.17, 15) is 0 Å². The smallest absolute Gasteiger partial charge is 0.139 e. The van der Waals surface area contributed by atoms with E-state index in [2.05, 4.69) is 24.3 Å². The minimum absolute atomic E-state index is 0.317. The highest BCUT2D eigenvalue weighted by molar-refractivity contribution is 5.79. The van der Waals surface area contributed by atoms with Crippen LogP contribution in [0.2, 0.25) is 0 Å². The standard InChI is InChI=1S/C12H27N3O/c1-3-4-5-6-8-11(2)14-10-7-9-12(13)15-16/h11,14,16H,3-10H2,1-2H3,(H2,13,15). The van der Waals surface area contributed by atoms with Crippen molar-refractivity contribution in [3.63, 3.8) is 0 Å².